The Labute approximate surface area is 96.5 Å². The third kappa shape index (κ3) is 3.81. The molecule has 0 saturated carbocycles. The standard InChI is InChI=1S/C13H20O3/c1-13(2,9-14)8-7-10-3-5-11(6-4-10)12(15)16/h3,5-6,10,14H,4,7-9H2,1-2H3,(H,15,16). The molecule has 2 N–H and O–H groups in total. The van der Waals surface area contributed by atoms with Crippen molar-refractivity contribution in [1.29, 1.82) is 0 Å². The highest BCUT2D eigenvalue weighted by molar-refractivity contribution is 5.90. The van der Waals surface area contributed by atoms with Crippen molar-refractivity contribution in [2.45, 2.75) is 33.1 Å². The number of rotatable bonds is 5. The maximum Gasteiger partial charge on any atom is 0.335 e. The molecule has 1 atom stereocenters. The topological polar surface area (TPSA) is 57.5 Å². The third-order valence-electron chi connectivity index (χ3n) is 3.06. The lowest BCUT2D eigenvalue weighted by atomic mass is 9.83. The van der Waals surface area contributed by atoms with E-state index in [9.17, 15) is 4.79 Å². The summed E-state index contributed by atoms with van der Waals surface area (Å²) >= 11 is 0. The molecule has 90 valence electrons. The van der Waals surface area contributed by atoms with Crippen LogP contribution in [0.2, 0.25) is 0 Å². The number of allylic oxidation sites excluding steroid dienone is 2. The number of aliphatic hydroxyl groups excluding tert-OH is 1. The molecule has 3 heteroatoms. The Hall–Kier alpha value is -1.09. The number of carbonyl (C=O) groups is 1. The molecule has 0 spiro atoms. The summed E-state index contributed by atoms with van der Waals surface area (Å²) in [6, 6.07) is 0. The minimum atomic E-state index is -0.856. The number of carboxylic acids is 1. The van der Waals surface area contributed by atoms with Crippen LogP contribution in [0.3, 0.4) is 0 Å². The van der Waals surface area contributed by atoms with Crippen LogP contribution >= 0.6 is 0 Å². The lowest BCUT2D eigenvalue weighted by Crippen LogP contribution is -2.18. The van der Waals surface area contributed by atoms with Gasteiger partial charge in [0.2, 0.25) is 0 Å². The highest BCUT2D eigenvalue weighted by Gasteiger charge is 2.19. The van der Waals surface area contributed by atoms with E-state index in [4.69, 9.17) is 10.2 Å². The molecule has 0 radical (unpaired) electrons. The lowest BCUT2D eigenvalue weighted by molar-refractivity contribution is -0.132. The zero-order chi connectivity index (χ0) is 12.2. The molecule has 0 fully saturated rings. The predicted molar refractivity (Wildman–Crippen MR) is 63.1 cm³/mol. The zero-order valence-electron chi connectivity index (χ0n) is 9.94. The van der Waals surface area contributed by atoms with Crippen LogP contribution in [-0.4, -0.2) is 22.8 Å². The second kappa shape index (κ2) is 5.30. The molecule has 0 bridgehead atoms. The van der Waals surface area contributed by atoms with Gasteiger partial charge in [0.1, 0.15) is 0 Å². The van der Waals surface area contributed by atoms with E-state index in [1.807, 2.05) is 19.9 Å². The smallest absolute Gasteiger partial charge is 0.335 e. The van der Waals surface area contributed by atoms with Crippen molar-refractivity contribution in [3.8, 4) is 0 Å². The Balaban J connectivity index is 2.40. The first-order valence-electron chi connectivity index (χ1n) is 5.67. The third-order valence-corrected chi connectivity index (χ3v) is 3.06. The van der Waals surface area contributed by atoms with Gasteiger partial charge in [0.05, 0.1) is 5.57 Å². The molecule has 0 aliphatic heterocycles. The minimum Gasteiger partial charge on any atom is -0.478 e. The molecular weight excluding hydrogens is 204 g/mol. The van der Waals surface area contributed by atoms with E-state index in [0.29, 0.717) is 11.5 Å². The number of hydrogen-bond donors (Lipinski definition) is 2. The van der Waals surface area contributed by atoms with E-state index in [1.165, 1.54) is 0 Å². The SMILES string of the molecule is CC(C)(CO)CCC1C=CC(C(=O)O)=CC1. The van der Waals surface area contributed by atoms with Gasteiger partial charge in [-0.05, 0) is 30.6 Å². The van der Waals surface area contributed by atoms with E-state index in [0.717, 1.165) is 19.3 Å². The van der Waals surface area contributed by atoms with E-state index >= 15 is 0 Å². The highest BCUT2D eigenvalue weighted by atomic mass is 16.4. The van der Waals surface area contributed by atoms with E-state index in [-0.39, 0.29) is 12.0 Å². The first-order valence-corrected chi connectivity index (χ1v) is 5.67. The first-order chi connectivity index (χ1) is 7.44. The molecule has 1 unspecified atom stereocenters. The second-order valence-electron chi connectivity index (χ2n) is 5.18. The molecule has 16 heavy (non-hydrogen) atoms. The highest BCUT2D eigenvalue weighted by Crippen LogP contribution is 2.28. The van der Waals surface area contributed by atoms with Crippen molar-refractivity contribution in [3.63, 3.8) is 0 Å². The Morgan fingerprint density at radius 2 is 2.25 bits per heavy atom. The van der Waals surface area contributed by atoms with Gasteiger partial charge < -0.3 is 10.2 Å². The molecule has 0 aromatic carbocycles. The summed E-state index contributed by atoms with van der Waals surface area (Å²) in [5.41, 5.74) is 0.350. The van der Waals surface area contributed by atoms with Crippen molar-refractivity contribution in [2.75, 3.05) is 6.61 Å². The largest absolute Gasteiger partial charge is 0.478 e. The van der Waals surface area contributed by atoms with Crippen LogP contribution in [-0.2, 0) is 4.79 Å². The molecule has 1 aliphatic rings. The van der Waals surface area contributed by atoms with Crippen LogP contribution in [0, 0.1) is 11.3 Å². The van der Waals surface area contributed by atoms with Gasteiger partial charge in [-0.25, -0.2) is 4.79 Å². The summed E-state index contributed by atoms with van der Waals surface area (Å²) in [7, 11) is 0. The van der Waals surface area contributed by atoms with Gasteiger partial charge in [-0.3, -0.25) is 0 Å². The molecule has 0 amide bonds. The van der Waals surface area contributed by atoms with Gasteiger partial charge in [0, 0.05) is 6.61 Å². The van der Waals surface area contributed by atoms with Crippen LogP contribution in [0.4, 0.5) is 0 Å². The van der Waals surface area contributed by atoms with E-state index < -0.39 is 5.97 Å². The number of carboxylic acid groups (broad SMARTS) is 1. The maximum atomic E-state index is 10.7. The second-order valence-corrected chi connectivity index (χ2v) is 5.18. The average molecular weight is 224 g/mol. The van der Waals surface area contributed by atoms with Gasteiger partial charge >= 0.3 is 5.97 Å². The molecule has 0 aromatic heterocycles. The Bertz CT molecular complexity index is 313. The normalized spacial score (nSPS) is 20.7. The summed E-state index contributed by atoms with van der Waals surface area (Å²) in [6.45, 7) is 4.27. The molecule has 0 aromatic rings. The van der Waals surface area contributed by atoms with Crippen LogP contribution < -0.4 is 0 Å². The van der Waals surface area contributed by atoms with Gasteiger partial charge in [0.25, 0.3) is 0 Å². The van der Waals surface area contributed by atoms with Crippen LogP contribution in [0.15, 0.2) is 23.8 Å². The van der Waals surface area contributed by atoms with Crippen LogP contribution in [0.1, 0.15) is 33.1 Å². The van der Waals surface area contributed by atoms with Crippen molar-refractivity contribution >= 4 is 5.97 Å². The quantitative estimate of drug-likeness (QED) is 0.753. The molecular formula is C13H20O3. The fraction of sp³-hybridized carbons (Fsp3) is 0.615. The molecule has 1 aliphatic carbocycles. The Morgan fingerprint density at radius 1 is 1.56 bits per heavy atom. The van der Waals surface area contributed by atoms with E-state index in [2.05, 4.69) is 0 Å². The van der Waals surface area contributed by atoms with Gasteiger partial charge in [-0.2, -0.15) is 0 Å². The van der Waals surface area contributed by atoms with Crippen LogP contribution in [0.5, 0.6) is 0 Å². The summed E-state index contributed by atoms with van der Waals surface area (Å²) < 4.78 is 0. The Morgan fingerprint density at radius 3 is 2.69 bits per heavy atom. The number of aliphatic hydroxyl groups is 1. The average Bonchev–Trinajstić information content (AvgIpc) is 2.27. The molecule has 0 heterocycles. The Kier molecular flexibility index (Phi) is 4.30. The maximum absolute atomic E-state index is 10.7. The van der Waals surface area contributed by atoms with Crippen molar-refractivity contribution in [3.05, 3.63) is 23.8 Å². The summed E-state index contributed by atoms with van der Waals surface area (Å²) in [4.78, 5) is 10.7. The monoisotopic (exact) mass is 224 g/mol. The fourth-order valence-electron chi connectivity index (χ4n) is 1.69. The minimum absolute atomic E-state index is 0.0371. The summed E-state index contributed by atoms with van der Waals surface area (Å²) in [5, 5.41) is 17.9. The van der Waals surface area contributed by atoms with Crippen molar-refractivity contribution < 1.29 is 15.0 Å². The molecule has 3 nitrogen and oxygen atoms in total. The predicted octanol–water partition coefficient (Wildman–Crippen LogP) is 2.37. The van der Waals surface area contributed by atoms with Crippen molar-refractivity contribution in [2.24, 2.45) is 11.3 Å². The number of hydrogen-bond acceptors (Lipinski definition) is 2. The summed E-state index contributed by atoms with van der Waals surface area (Å²) in [6.07, 6.45) is 8.17. The van der Waals surface area contributed by atoms with Gasteiger partial charge in [0.15, 0.2) is 0 Å². The fourth-order valence-corrected chi connectivity index (χ4v) is 1.69. The number of aliphatic carboxylic acids is 1. The van der Waals surface area contributed by atoms with Gasteiger partial charge in [-0.15, -0.1) is 0 Å². The van der Waals surface area contributed by atoms with Gasteiger partial charge in [-0.1, -0.05) is 32.1 Å². The molecule has 1 rings (SSSR count). The zero-order valence-corrected chi connectivity index (χ0v) is 9.94. The molecule has 0 saturated heterocycles. The van der Waals surface area contributed by atoms with Crippen LogP contribution in [0.25, 0.3) is 0 Å². The summed E-state index contributed by atoms with van der Waals surface area (Å²) in [5.74, 6) is -0.445. The first kappa shape index (κ1) is 13.0. The van der Waals surface area contributed by atoms with Crippen molar-refractivity contribution in [1.82, 2.24) is 0 Å². The lowest BCUT2D eigenvalue weighted by Gasteiger charge is -2.24. The van der Waals surface area contributed by atoms with E-state index in [1.54, 1.807) is 12.2 Å².